The van der Waals surface area contributed by atoms with Crippen molar-refractivity contribution in [3.8, 4) is 11.5 Å². The Labute approximate surface area is 291 Å². The summed E-state index contributed by atoms with van der Waals surface area (Å²) >= 11 is 12.0. The van der Waals surface area contributed by atoms with E-state index in [-0.39, 0.29) is 11.8 Å². The van der Waals surface area contributed by atoms with E-state index in [0.29, 0.717) is 56.1 Å². The van der Waals surface area contributed by atoms with Crippen molar-refractivity contribution in [1.82, 2.24) is 10.3 Å². The Morgan fingerprint density at radius 3 is 2.12 bits per heavy atom. The second-order valence-electron chi connectivity index (χ2n) is 11.8. The van der Waals surface area contributed by atoms with Gasteiger partial charge in [-0.15, -0.1) is 0 Å². The van der Waals surface area contributed by atoms with E-state index < -0.39 is 5.63 Å². The van der Waals surface area contributed by atoms with Crippen LogP contribution in [0.4, 0.5) is 5.69 Å². The molecule has 1 fully saturated rings. The van der Waals surface area contributed by atoms with E-state index in [9.17, 15) is 14.4 Å². The van der Waals surface area contributed by atoms with Gasteiger partial charge in [0, 0.05) is 27.7 Å². The molecular weight excluding hydrogens is 657 g/mol. The second kappa shape index (κ2) is 13.9. The molecule has 1 heterocycles. The average molecular weight is 687 g/mol. The summed E-state index contributed by atoms with van der Waals surface area (Å²) < 4.78 is 5.41. The van der Waals surface area contributed by atoms with E-state index >= 15 is 0 Å². The first kappa shape index (κ1) is 32.1. The van der Waals surface area contributed by atoms with Crippen molar-refractivity contribution in [2.75, 3.05) is 11.9 Å². The first-order valence-corrected chi connectivity index (χ1v) is 16.5. The summed E-state index contributed by atoms with van der Waals surface area (Å²) in [5.41, 5.74) is 2.32. The van der Waals surface area contributed by atoms with Crippen molar-refractivity contribution >= 4 is 73.2 Å². The van der Waals surface area contributed by atoms with Gasteiger partial charge in [0.05, 0.1) is 22.2 Å². The summed E-state index contributed by atoms with van der Waals surface area (Å²) in [6.45, 7) is 0.655. The molecule has 8 rings (SSSR count). The number of anilines is 1. The van der Waals surface area contributed by atoms with Gasteiger partial charge in [0.2, 0.25) is 5.89 Å². The fraction of sp³-hybridized carbons (Fsp3) is 0.100. The Balaban J connectivity index is 0.000000157. The topological polar surface area (TPSA) is 101 Å². The Kier molecular flexibility index (Phi) is 9.11. The molecule has 0 spiro atoms. The third kappa shape index (κ3) is 7.18. The zero-order valence-electron chi connectivity index (χ0n) is 26.1. The molecule has 2 amide bonds. The molecule has 0 aliphatic heterocycles. The molecule has 9 heteroatoms. The molecule has 1 aromatic heterocycles. The highest BCUT2D eigenvalue weighted by Crippen LogP contribution is 2.29. The minimum absolute atomic E-state index is 0.224. The Hall–Kier alpha value is -5.50. The lowest BCUT2D eigenvalue weighted by molar-refractivity contribution is 0.0952. The van der Waals surface area contributed by atoms with Crippen LogP contribution in [0.2, 0.25) is 10.0 Å². The summed E-state index contributed by atoms with van der Waals surface area (Å²) in [6, 6.07) is 37.0. The van der Waals surface area contributed by atoms with E-state index in [1.54, 1.807) is 42.5 Å². The highest BCUT2D eigenvalue weighted by Gasteiger charge is 2.23. The number of nitrogens with zero attached hydrogens (tertiary/aromatic N) is 1. The van der Waals surface area contributed by atoms with Gasteiger partial charge in [0.1, 0.15) is 0 Å². The zero-order chi connectivity index (χ0) is 33.9. The summed E-state index contributed by atoms with van der Waals surface area (Å²) in [6.07, 6.45) is 2.31. The molecule has 0 unspecified atom stereocenters. The predicted molar refractivity (Wildman–Crippen MR) is 197 cm³/mol. The van der Waals surface area contributed by atoms with Crippen molar-refractivity contribution < 1.29 is 14.0 Å². The number of halogens is 2. The standard InChI is InChI=1S/C22H19ClN2O2.C18H10ClNO2/c23-16-10-11-20(19(12-16)21(26)24-13-14-8-9-14)25-22(27)18-7-3-5-15-4-1-2-6-17(15)18;19-12-8-9-16-15(10-12)18(21)22-17(20-16)14-7-3-5-11-4-1-2-6-13(11)14/h1-7,10-12,14H,8-9,13H2,(H,24,26)(H,25,27);1-10H. The molecule has 0 radical (unpaired) electrons. The summed E-state index contributed by atoms with van der Waals surface area (Å²) in [5.74, 6) is 0.404. The highest BCUT2D eigenvalue weighted by atomic mass is 35.5. The smallest absolute Gasteiger partial charge is 0.347 e. The molecule has 1 saturated carbocycles. The molecule has 0 saturated heterocycles. The van der Waals surface area contributed by atoms with Gasteiger partial charge in [-0.2, -0.15) is 0 Å². The van der Waals surface area contributed by atoms with E-state index in [1.807, 2.05) is 78.9 Å². The quantitative estimate of drug-likeness (QED) is 0.182. The van der Waals surface area contributed by atoms with E-state index in [0.717, 1.165) is 39.9 Å². The van der Waals surface area contributed by atoms with Crippen molar-refractivity contribution in [2.45, 2.75) is 12.8 Å². The molecule has 6 aromatic carbocycles. The lowest BCUT2D eigenvalue weighted by Gasteiger charge is -2.13. The Bertz CT molecular complexity index is 2430. The van der Waals surface area contributed by atoms with Crippen LogP contribution in [0, 0.1) is 5.92 Å². The molecule has 7 nitrogen and oxygen atoms in total. The van der Waals surface area contributed by atoms with Crippen molar-refractivity contribution in [1.29, 1.82) is 0 Å². The molecule has 0 bridgehead atoms. The van der Waals surface area contributed by atoms with Gasteiger partial charge in [0.15, 0.2) is 0 Å². The minimum Gasteiger partial charge on any atom is -0.403 e. The number of benzene rings is 6. The number of hydrogen-bond acceptors (Lipinski definition) is 5. The highest BCUT2D eigenvalue weighted by molar-refractivity contribution is 6.31. The number of nitrogens with one attached hydrogen (secondary N) is 2. The number of rotatable bonds is 6. The maximum Gasteiger partial charge on any atom is 0.347 e. The van der Waals surface area contributed by atoms with Crippen LogP contribution in [0.5, 0.6) is 0 Å². The predicted octanol–water partition coefficient (Wildman–Crippen LogP) is 9.55. The summed E-state index contributed by atoms with van der Waals surface area (Å²) in [7, 11) is 0. The molecule has 49 heavy (non-hydrogen) atoms. The van der Waals surface area contributed by atoms with E-state index in [2.05, 4.69) is 15.6 Å². The number of amides is 2. The normalized spacial score (nSPS) is 12.4. The molecule has 1 aliphatic carbocycles. The van der Waals surface area contributed by atoms with Crippen LogP contribution in [0.1, 0.15) is 33.6 Å². The largest absolute Gasteiger partial charge is 0.403 e. The van der Waals surface area contributed by atoms with Gasteiger partial charge < -0.3 is 15.1 Å². The van der Waals surface area contributed by atoms with Gasteiger partial charge >= 0.3 is 5.63 Å². The number of fused-ring (bicyclic) bond motifs is 3. The number of carbonyl (C=O) groups is 2. The van der Waals surface area contributed by atoms with Crippen molar-refractivity contribution in [3.05, 3.63) is 153 Å². The molecular formula is C40H29Cl2N3O4. The third-order valence-corrected chi connectivity index (χ3v) is 8.84. The molecule has 1 aliphatic rings. The van der Waals surface area contributed by atoms with Gasteiger partial charge in [0.25, 0.3) is 11.8 Å². The number of aromatic nitrogens is 1. The van der Waals surface area contributed by atoms with Crippen molar-refractivity contribution in [3.63, 3.8) is 0 Å². The van der Waals surface area contributed by atoms with E-state index in [4.69, 9.17) is 27.6 Å². The number of hydrogen-bond donors (Lipinski definition) is 2. The Morgan fingerprint density at radius 2 is 1.35 bits per heavy atom. The van der Waals surface area contributed by atoms with Crippen LogP contribution in [0.25, 0.3) is 43.9 Å². The summed E-state index contributed by atoms with van der Waals surface area (Å²) in [5, 5.41) is 11.0. The molecule has 2 N–H and O–H groups in total. The lowest BCUT2D eigenvalue weighted by atomic mass is 10.0. The maximum atomic E-state index is 12.9. The summed E-state index contributed by atoms with van der Waals surface area (Å²) in [4.78, 5) is 42.1. The second-order valence-corrected chi connectivity index (χ2v) is 12.7. The molecule has 0 atom stereocenters. The van der Waals surface area contributed by atoms with Gasteiger partial charge in [-0.3, -0.25) is 9.59 Å². The fourth-order valence-corrected chi connectivity index (χ4v) is 6.00. The molecule has 7 aromatic rings. The first-order valence-electron chi connectivity index (χ1n) is 15.8. The lowest BCUT2D eigenvalue weighted by Crippen LogP contribution is -2.27. The van der Waals surface area contributed by atoms with E-state index in [1.165, 1.54) is 0 Å². The van der Waals surface area contributed by atoms with Gasteiger partial charge in [-0.05, 0) is 88.8 Å². The molecule has 242 valence electrons. The van der Waals surface area contributed by atoms with Gasteiger partial charge in [-0.25, -0.2) is 9.78 Å². The van der Waals surface area contributed by atoms with Crippen LogP contribution < -0.4 is 16.3 Å². The fourth-order valence-electron chi connectivity index (χ4n) is 5.65. The zero-order valence-corrected chi connectivity index (χ0v) is 27.6. The maximum absolute atomic E-state index is 12.9. The minimum atomic E-state index is -0.435. The van der Waals surface area contributed by atoms with Crippen LogP contribution in [-0.4, -0.2) is 23.3 Å². The van der Waals surface area contributed by atoms with Gasteiger partial charge in [-0.1, -0.05) is 96.0 Å². The number of carbonyl (C=O) groups excluding carboxylic acids is 2. The van der Waals surface area contributed by atoms with Crippen LogP contribution in [0.15, 0.2) is 131 Å². The average Bonchev–Trinajstić information content (AvgIpc) is 3.96. The van der Waals surface area contributed by atoms with Crippen LogP contribution >= 0.6 is 23.2 Å². The Morgan fingerprint density at radius 1 is 0.694 bits per heavy atom. The third-order valence-electron chi connectivity index (χ3n) is 8.37. The monoisotopic (exact) mass is 685 g/mol. The van der Waals surface area contributed by atoms with Crippen LogP contribution in [0.3, 0.4) is 0 Å². The first-order chi connectivity index (χ1) is 23.8. The van der Waals surface area contributed by atoms with Crippen LogP contribution in [-0.2, 0) is 0 Å². The SMILES string of the molecule is O=C(NCC1CC1)c1cc(Cl)ccc1NC(=O)c1cccc2ccccc12.O=c1oc(-c2cccc3ccccc23)nc2ccc(Cl)cc12. The van der Waals surface area contributed by atoms with Crippen molar-refractivity contribution in [2.24, 2.45) is 5.92 Å².